The lowest BCUT2D eigenvalue weighted by Crippen LogP contribution is -2.49. The molecule has 1 atom stereocenters. The van der Waals surface area contributed by atoms with Crippen LogP contribution in [0, 0.1) is 0 Å². The van der Waals surface area contributed by atoms with E-state index in [1.54, 1.807) is 6.92 Å². The number of phenolic OH excluding ortho intramolecular Hbond substituents is 1. The van der Waals surface area contributed by atoms with Gasteiger partial charge in [-0.25, -0.2) is 9.99 Å². The molecule has 0 aliphatic carbocycles. The Morgan fingerprint density at radius 3 is 2.50 bits per heavy atom. The van der Waals surface area contributed by atoms with Crippen LogP contribution >= 0.6 is 7.82 Å². The van der Waals surface area contributed by atoms with Crippen molar-refractivity contribution in [3.8, 4) is 11.5 Å². The molecule has 1 aromatic rings. The molecule has 0 saturated heterocycles. The van der Waals surface area contributed by atoms with Gasteiger partial charge < -0.3 is 14.7 Å². The molecule has 1 amide bonds. The van der Waals surface area contributed by atoms with Crippen LogP contribution in [0.5, 0.6) is 11.5 Å². The average molecular weight is 362 g/mol. The molecule has 0 heterocycles. The third-order valence-corrected chi connectivity index (χ3v) is 3.28. The molecular weight excluding hydrogens is 343 g/mol. The molecule has 1 rings (SSSR count). The van der Waals surface area contributed by atoms with Crippen molar-refractivity contribution in [2.75, 3.05) is 0 Å². The summed E-state index contributed by atoms with van der Waals surface area (Å²) in [5.74, 6) is -2.54. The number of aliphatic carboxylic acids is 1. The van der Waals surface area contributed by atoms with Gasteiger partial charge in [0, 0.05) is 12.8 Å². The van der Waals surface area contributed by atoms with Gasteiger partial charge in [-0.05, 0) is 24.1 Å². The van der Waals surface area contributed by atoms with Crippen molar-refractivity contribution in [3.63, 3.8) is 0 Å². The molecule has 1 unspecified atom stereocenters. The number of phenols is 1. The zero-order valence-corrected chi connectivity index (χ0v) is 13.7. The Morgan fingerprint density at radius 1 is 1.33 bits per heavy atom. The Labute approximate surface area is 137 Å². The van der Waals surface area contributed by atoms with Gasteiger partial charge in [0.1, 0.15) is 6.04 Å². The fraction of sp³-hybridized carbons (Fsp3) is 0.385. The van der Waals surface area contributed by atoms with E-state index in [2.05, 4.69) is 15.4 Å². The van der Waals surface area contributed by atoms with E-state index >= 15 is 0 Å². The Hall–Kier alpha value is -2.13. The molecule has 0 spiro atoms. The number of phosphoric acid groups is 1. The first-order valence-corrected chi connectivity index (χ1v) is 8.49. The lowest BCUT2D eigenvalue weighted by molar-refractivity contribution is -0.140. The van der Waals surface area contributed by atoms with Crippen molar-refractivity contribution in [2.24, 2.45) is 0 Å². The van der Waals surface area contributed by atoms with Crippen molar-refractivity contribution in [1.29, 1.82) is 0 Å². The van der Waals surface area contributed by atoms with Crippen LogP contribution in [0.15, 0.2) is 18.2 Å². The summed E-state index contributed by atoms with van der Waals surface area (Å²) in [6.07, 6.45) is 0.764. The quantitative estimate of drug-likeness (QED) is 0.267. The van der Waals surface area contributed by atoms with Crippen LogP contribution in [0.1, 0.15) is 25.3 Å². The maximum absolute atomic E-state index is 11.4. The van der Waals surface area contributed by atoms with Crippen molar-refractivity contribution in [3.05, 3.63) is 23.8 Å². The van der Waals surface area contributed by atoms with Gasteiger partial charge in [-0.2, -0.15) is 0 Å². The maximum Gasteiger partial charge on any atom is 0.524 e. The van der Waals surface area contributed by atoms with Crippen molar-refractivity contribution in [1.82, 2.24) is 10.9 Å². The number of hydrogen-bond acceptors (Lipinski definition) is 6. The molecule has 0 aromatic heterocycles. The second-order valence-electron chi connectivity index (χ2n) is 4.92. The van der Waals surface area contributed by atoms with Crippen molar-refractivity contribution in [2.45, 2.75) is 32.2 Å². The standard InChI is InChI=1S/C13H19N2O8P/c1-2-3-12(17)15-14-9(13(18)19)6-8-4-5-11(10(16)7-8)23-24(20,21)22/h4-5,7,9,14,16H,2-3,6H2,1H3,(H,15,17)(H,18,19)(H2,20,21,22). The van der Waals surface area contributed by atoms with E-state index < -0.39 is 31.3 Å². The SMILES string of the molecule is CCCC(=O)NNC(Cc1ccc(OP(=O)(O)O)c(O)c1)C(=O)O. The number of hydrazine groups is 1. The molecule has 6 N–H and O–H groups in total. The molecule has 0 aliphatic rings. The number of nitrogens with one attached hydrogen (secondary N) is 2. The van der Waals surface area contributed by atoms with Crippen LogP contribution in [0.25, 0.3) is 0 Å². The number of phosphoric ester groups is 1. The minimum absolute atomic E-state index is 0.0918. The van der Waals surface area contributed by atoms with E-state index in [1.165, 1.54) is 6.07 Å². The first-order valence-electron chi connectivity index (χ1n) is 6.96. The monoisotopic (exact) mass is 362 g/mol. The van der Waals surface area contributed by atoms with E-state index in [9.17, 15) is 19.3 Å². The van der Waals surface area contributed by atoms with Crippen LogP contribution in [0.2, 0.25) is 0 Å². The minimum Gasteiger partial charge on any atom is -0.504 e. The van der Waals surface area contributed by atoms with Gasteiger partial charge in [0.15, 0.2) is 11.5 Å². The van der Waals surface area contributed by atoms with Crippen LogP contribution < -0.4 is 15.4 Å². The molecule has 0 aliphatic heterocycles. The number of benzene rings is 1. The van der Waals surface area contributed by atoms with Crippen LogP contribution in [0.4, 0.5) is 0 Å². The first-order chi connectivity index (χ1) is 11.1. The third kappa shape index (κ3) is 6.97. The summed E-state index contributed by atoms with van der Waals surface area (Å²) in [5, 5.41) is 18.8. The molecule has 0 radical (unpaired) electrons. The summed E-state index contributed by atoms with van der Waals surface area (Å²) < 4.78 is 15.0. The predicted molar refractivity (Wildman–Crippen MR) is 82.1 cm³/mol. The number of aromatic hydroxyl groups is 1. The zero-order valence-electron chi connectivity index (χ0n) is 12.8. The topological polar surface area (TPSA) is 165 Å². The molecule has 0 bridgehead atoms. The molecule has 0 saturated carbocycles. The van der Waals surface area contributed by atoms with Gasteiger partial charge in [0.05, 0.1) is 0 Å². The number of carbonyl (C=O) groups is 2. The summed E-state index contributed by atoms with van der Waals surface area (Å²) in [6, 6.07) is 2.42. The van der Waals surface area contributed by atoms with E-state index in [-0.39, 0.29) is 18.7 Å². The molecule has 10 nitrogen and oxygen atoms in total. The van der Waals surface area contributed by atoms with Crippen molar-refractivity contribution < 1.29 is 38.7 Å². The Kier molecular flexibility index (Phi) is 7.18. The van der Waals surface area contributed by atoms with E-state index in [0.717, 1.165) is 12.1 Å². The number of amides is 1. The zero-order chi connectivity index (χ0) is 18.3. The van der Waals surface area contributed by atoms with Crippen molar-refractivity contribution >= 4 is 19.7 Å². The maximum atomic E-state index is 11.4. The molecule has 1 aromatic carbocycles. The molecule has 134 valence electrons. The summed E-state index contributed by atoms with van der Waals surface area (Å²) in [4.78, 5) is 40.0. The summed E-state index contributed by atoms with van der Waals surface area (Å²) in [5.41, 5.74) is 5.03. The van der Waals surface area contributed by atoms with Crippen LogP contribution in [-0.2, 0) is 20.6 Å². The second kappa shape index (κ2) is 8.65. The highest BCUT2D eigenvalue weighted by Crippen LogP contribution is 2.41. The number of hydrogen-bond donors (Lipinski definition) is 6. The number of rotatable bonds is 9. The average Bonchev–Trinajstić information content (AvgIpc) is 2.45. The van der Waals surface area contributed by atoms with Gasteiger partial charge in [-0.1, -0.05) is 13.0 Å². The van der Waals surface area contributed by atoms with Gasteiger partial charge in [-0.15, -0.1) is 0 Å². The van der Waals surface area contributed by atoms with Crippen LogP contribution in [0.3, 0.4) is 0 Å². The van der Waals surface area contributed by atoms with Crippen LogP contribution in [-0.4, -0.2) is 37.9 Å². The molecular formula is C13H19N2O8P. The smallest absolute Gasteiger partial charge is 0.504 e. The van der Waals surface area contributed by atoms with E-state index in [1.807, 2.05) is 0 Å². The fourth-order valence-electron chi connectivity index (χ4n) is 1.79. The highest BCUT2D eigenvalue weighted by Gasteiger charge is 2.21. The van der Waals surface area contributed by atoms with E-state index in [4.69, 9.17) is 14.9 Å². The fourth-order valence-corrected chi connectivity index (χ4v) is 2.20. The largest absolute Gasteiger partial charge is 0.524 e. The van der Waals surface area contributed by atoms with Gasteiger partial charge in [0.2, 0.25) is 5.91 Å². The number of carbonyl (C=O) groups excluding carboxylic acids is 1. The van der Waals surface area contributed by atoms with Gasteiger partial charge in [0.25, 0.3) is 0 Å². The van der Waals surface area contributed by atoms with Gasteiger partial charge >= 0.3 is 13.8 Å². The number of carboxylic acids is 1. The molecule has 24 heavy (non-hydrogen) atoms. The third-order valence-electron chi connectivity index (χ3n) is 2.84. The first kappa shape index (κ1) is 19.9. The number of carboxylic acid groups (broad SMARTS) is 1. The highest BCUT2D eigenvalue weighted by atomic mass is 31.2. The Bertz CT molecular complexity index is 645. The summed E-state index contributed by atoms with van der Waals surface area (Å²) in [7, 11) is -4.82. The lowest BCUT2D eigenvalue weighted by atomic mass is 10.1. The Balaban J connectivity index is 2.77. The molecule has 11 heteroatoms. The highest BCUT2D eigenvalue weighted by molar-refractivity contribution is 7.46. The normalized spacial score (nSPS) is 12.5. The summed E-state index contributed by atoms with van der Waals surface area (Å²) >= 11 is 0. The predicted octanol–water partition coefficient (Wildman–Crippen LogP) is 0.280. The minimum atomic E-state index is -4.82. The van der Waals surface area contributed by atoms with Gasteiger partial charge in [-0.3, -0.25) is 24.8 Å². The lowest BCUT2D eigenvalue weighted by Gasteiger charge is -2.16. The summed E-state index contributed by atoms with van der Waals surface area (Å²) in [6.45, 7) is 1.80. The molecule has 0 fully saturated rings. The second-order valence-corrected chi connectivity index (χ2v) is 6.09. The van der Waals surface area contributed by atoms with E-state index in [0.29, 0.717) is 12.0 Å². The Morgan fingerprint density at radius 2 is 2.00 bits per heavy atom.